The van der Waals surface area contributed by atoms with Crippen molar-refractivity contribution in [1.82, 2.24) is 0 Å². The van der Waals surface area contributed by atoms with Gasteiger partial charge in [0.15, 0.2) is 0 Å². The third-order valence-corrected chi connectivity index (χ3v) is 2.24. The third kappa shape index (κ3) is 2.15. The summed E-state index contributed by atoms with van der Waals surface area (Å²) in [5, 5.41) is 9.54. The minimum atomic E-state index is -0.288. The van der Waals surface area contributed by atoms with E-state index in [1.807, 2.05) is 13.8 Å². The van der Waals surface area contributed by atoms with E-state index < -0.39 is 0 Å². The second-order valence-electron chi connectivity index (χ2n) is 3.84. The summed E-state index contributed by atoms with van der Waals surface area (Å²) >= 11 is 0. The Balaban J connectivity index is 2.48. The largest absolute Gasteiger partial charge is 0.393 e. The molecule has 0 amide bonds. The van der Waals surface area contributed by atoms with Gasteiger partial charge >= 0.3 is 0 Å². The first-order valence-corrected chi connectivity index (χ1v) is 4.07. The zero-order chi connectivity index (χ0) is 8.48. The SMILES string of the molecule is CC1(C)CC(O)C(CN)CO1. The first-order valence-electron chi connectivity index (χ1n) is 4.07. The summed E-state index contributed by atoms with van der Waals surface area (Å²) in [6.45, 7) is 5.08. The molecule has 1 aliphatic rings. The van der Waals surface area contributed by atoms with Crippen LogP contribution < -0.4 is 5.73 Å². The van der Waals surface area contributed by atoms with Gasteiger partial charge < -0.3 is 15.6 Å². The highest BCUT2D eigenvalue weighted by Crippen LogP contribution is 2.26. The predicted octanol–water partition coefficient (Wildman–Crippen LogP) is 0.121. The van der Waals surface area contributed by atoms with Gasteiger partial charge in [-0.1, -0.05) is 0 Å². The lowest BCUT2D eigenvalue weighted by Crippen LogP contribution is -2.45. The van der Waals surface area contributed by atoms with Crippen molar-refractivity contribution >= 4 is 0 Å². The number of nitrogens with two attached hydrogens (primary N) is 1. The Morgan fingerprint density at radius 1 is 1.64 bits per heavy atom. The Morgan fingerprint density at radius 3 is 2.73 bits per heavy atom. The summed E-state index contributed by atoms with van der Waals surface area (Å²) < 4.78 is 5.50. The molecule has 0 aromatic carbocycles. The van der Waals surface area contributed by atoms with Gasteiger partial charge in [-0.2, -0.15) is 0 Å². The summed E-state index contributed by atoms with van der Waals surface area (Å²) in [6, 6.07) is 0. The van der Waals surface area contributed by atoms with Crippen LogP contribution in [-0.2, 0) is 4.74 Å². The highest BCUT2D eigenvalue weighted by Gasteiger charge is 2.33. The fraction of sp³-hybridized carbons (Fsp3) is 1.00. The van der Waals surface area contributed by atoms with Crippen molar-refractivity contribution < 1.29 is 9.84 Å². The van der Waals surface area contributed by atoms with Crippen LogP contribution in [0.25, 0.3) is 0 Å². The van der Waals surface area contributed by atoms with Crippen LogP contribution in [0.5, 0.6) is 0 Å². The van der Waals surface area contributed by atoms with E-state index in [9.17, 15) is 5.11 Å². The van der Waals surface area contributed by atoms with Gasteiger partial charge in [0.1, 0.15) is 0 Å². The van der Waals surface area contributed by atoms with Crippen molar-refractivity contribution in [3.63, 3.8) is 0 Å². The second kappa shape index (κ2) is 3.09. The number of hydrogen-bond acceptors (Lipinski definition) is 3. The molecule has 0 aromatic rings. The average Bonchev–Trinajstić information content (AvgIpc) is 1.86. The van der Waals surface area contributed by atoms with Crippen molar-refractivity contribution in [3.05, 3.63) is 0 Å². The first-order chi connectivity index (χ1) is 5.05. The molecule has 2 atom stereocenters. The molecule has 0 aromatic heterocycles. The molecule has 0 bridgehead atoms. The molecule has 11 heavy (non-hydrogen) atoms. The maximum Gasteiger partial charge on any atom is 0.0651 e. The van der Waals surface area contributed by atoms with E-state index in [0.29, 0.717) is 19.6 Å². The van der Waals surface area contributed by atoms with Gasteiger partial charge in [0.25, 0.3) is 0 Å². The van der Waals surface area contributed by atoms with Crippen LogP contribution in [0.1, 0.15) is 20.3 Å². The van der Waals surface area contributed by atoms with Gasteiger partial charge in [-0.05, 0) is 20.4 Å². The lowest BCUT2D eigenvalue weighted by atomic mass is 9.89. The number of hydrogen-bond donors (Lipinski definition) is 2. The van der Waals surface area contributed by atoms with Crippen molar-refractivity contribution in [2.45, 2.75) is 32.0 Å². The van der Waals surface area contributed by atoms with Crippen LogP contribution in [0.3, 0.4) is 0 Å². The van der Waals surface area contributed by atoms with Gasteiger partial charge in [-0.15, -0.1) is 0 Å². The highest BCUT2D eigenvalue weighted by molar-refractivity contribution is 4.84. The molecule has 3 N–H and O–H groups in total. The minimum absolute atomic E-state index is 0.128. The molecule has 1 saturated heterocycles. The Labute approximate surface area is 67.5 Å². The summed E-state index contributed by atoms with van der Waals surface area (Å²) in [7, 11) is 0. The van der Waals surface area contributed by atoms with Gasteiger partial charge in [0.2, 0.25) is 0 Å². The quantitative estimate of drug-likeness (QED) is 0.571. The molecule has 1 aliphatic heterocycles. The van der Waals surface area contributed by atoms with Crippen LogP contribution >= 0.6 is 0 Å². The van der Waals surface area contributed by atoms with Crippen LogP contribution in [0.15, 0.2) is 0 Å². The van der Waals surface area contributed by atoms with Crippen LogP contribution in [-0.4, -0.2) is 30.0 Å². The van der Waals surface area contributed by atoms with Crippen LogP contribution in [0.2, 0.25) is 0 Å². The maximum absolute atomic E-state index is 9.54. The normalized spacial score (nSPS) is 37.1. The standard InChI is InChI=1S/C8H17NO2/c1-8(2)3-7(10)6(4-9)5-11-8/h6-7,10H,3-5,9H2,1-2H3. The van der Waals surface area contributed by atoms with Gasteiger partial charge in [-0.3, -0.25) is 0 Å². The number of aliphatic hydroxyl groups excluding tert-OH is 1. The van der Waals surface area contributed by atoms with E-state index in [1.54, 1.807) is 0 Å². The third-order valence-electron chi connectivity index (χ3n) is 2.24. The maximum atomic E-state index is 9.54. The van der Waals surface area contributed by atoms with Gasteiger partial charge in [0.05, 0.1) is 18.3 Å². The lowest BCUT2D eigenvalue weighted by molar-refractivity contribution is -0.126. The monoisotopic (exact) mass is 159 g/mol. The molecule has 1 heterocycles. The van der Waals surface area contributed by atoms with Gasteiger partial charge in [0, 0.05) is 12.3 Å². The van der Waals surface area contributed by atoms with E-state index >= 15 is 0 Å². The van der Waals surface area contributed by atoms with Crippen molar-refractivity contribution in [2.75, 3.05) is 13.2 Å². The number of ether oxygens (including phenoxy) is 1. The molecular formula is C8H17NO2. The Bertz CT molecular complexity index is 136. The summed E-state index contributed by atoms with van der Waals surface area (Å²) in [5.74, 6) is 0.128. The smallest absolute Gasteiger partial charge is 0.0651 e. The zero-order valence-electron chi connectivity index (χ0n) is 7.21. The van der Waals surface area contributed by atoms with E-state index in [0.717, 1.165) is 0 Å². The molecular weight excluding hydrogens is 142 g/mol. The minimum Gasteiger partial charge on any atom is -0.393 e. The summed E-state index contributed by atoms with van der Waals surface area (Å²) in [4.78, 5) is 0. The number of aliphatic hydroxyl groups is 1. The lowest BCUT2D eigenvalue weighted by Gasteiger charge is -2.37. The topological polar surface area (TPSA) is 55.5 Å². The summed E-state index contributed by atoms with van der Waals surface area (Å²) in [5.41, 5.74) is 5.27. The van der Waals surface area contributed by atoms with Gasteiger partial charge in [-0.25, -0.2) is 0 Å². The molecule has 2 unspecified atom stereocenters. The van der Waals surface area contributed by atoms with E-state index in [4.69, 9.17) is 10.5 Å². The van der Waals surface area contributed by atoms with Crippen LogP contribution in [0, 0.1) is 5.92 Å². The highest BCUT2D eigenvalue weighted by atomic mass is 16.5. The Morgan fingerprint density at radius 2 is 2.27 bits per heavy atom. The molecule has 0 radical (unpaired) electrons. The molecule has 0 saturated carbocycles. The molecule has 1 rings (SSSR count). The predicted molar refractivity (Wildman–Crippen MR) is 43.2 cm³/mol. The van der Waals surface area contributed by atoms with E-state index in [1.165, 1.54) is 0 Å². The molecule has 1 fully saturated rings. The van der Waals surface area contributed by atoms with Crippen molar-refractivity contribution in [2.24, 2.45) is 11.7 Å². The van der Waals surface area contributed by atoms with Crippen molar-refractivity contribution in [1.29, 1.82) is 0 Å². The summed E-state index contributed by atoms with van der Waals surface area (Å²) in [6.07, 6.45) is 0.401. The molecule has 3 heteroatoms. The molecule has 0 spiro atoms. The molecule has 66 valence electrons. The van der Waals surface area contributed by atoms with Crippen molar-refractivity contribution in [3.8, 4) is 0 Å². The van der Waals surface area contributed by atoms with Crippen LogP contribution in [0.4, 0.5) is 0 Å². The zero-order valence-corrected chi connectivity index (χ0v) is 7.21. The fourth-order valence-corrected chi connectivity index (χ4v) is 1.40. The second-order valence-corrected chi connectivity index (χ2v) is 3.84. The van der Waals surface area contributed by atoms with E-state index in [-0.39, 0.29) is 17.6 Å². The number of rotatable bonds is 1. The molecule has 0 aliphatic carbocycles. The first kappa shape index (κ1) is 8.97. The molecule has 3 nitrogen and oxygen atoms in total. The Hall–Kier alpha value is -0.120. The Kier molecular flexibility index (Phi) is 2.52. The fourth-order valence-electron chi connectivity index (χ4n) is 1.40. The van der Waals surface area contributed by atoms with E-state index in [2.05, 4.69) is 0 Å². The average molecular weight is 159 g/mol.